The molecule has 1 aromatic heterocycles. The number of benzene rings is 2. The van der Waals surface area contributed by atoms with Crippen molar-refractivity contribution in [2.45, 2.75) is 6.17 Å². The number of fused-ring (bicyclic) bond motifs is 1. The minimum absolute atomic E-state index is 0.0840. The highest BCUT2D eigenvalue weighted by molar-refractivity contribution is 6.43. The predicted octanol–water partition coefficient (Wildman–Crippen LogP) is 5.16. The molecule has 0 radical (unpaired) electrons. The SMILES string of the molecule is O=C1c2ccccc2[C@H](Nc2cccc(Cl)c2Cl)N1c1cccnc1. The summed E-state index contributed by atoms with van der Waals surface area (Å²) < 4.78 is 0. The van der Waals surface area contributed by atoms with Crippen LogP contribution in [0.4, 0.5) is 11.4 Å². The average molecular weight is 370 g/mol. The maximum Gasteiger partial charge on any atom is 0.260 e. The van der Waals surface area contributed by atoms with Gasteiger partial charge >= 0.3 is 0 Å². The van der Waals surface area contributed by atoms with E-state index in [1.165, 1.54) is 0 Å². The Morgan fingerprint density at radius 3 is 2.64 bits per heavy atom. The molecule has 2 heterocycles. The van der Waals surface area contributed by atoms with Gasteiger partial charge in [-0.15, -0.1) is 0 Å². The van der Waals surface area contributed by atoms with Gasteiger partial charge in [-0.3, -0.25) is 14.7 Å². The Bertz CT molecular complexity index is 946. The van der Waals surface area contributed by atoms with Crippen LogP contribution < -0.4 is 10.2 Å². The summed E-state index contributed by atoms with van der Waals surface area (Å²) in [4.78, 5) is 18.8. The van der Waals surface area contributed by atoms with Crippen molar-refractivity contribution in [2.24, 2.45) is 0 Å². The molecule has 3 aromatic rings. The molecule has 1 aliphatic rings. The highest BCUT2D eigenvalue weighted by atomic mass is 35.5. The van der Waals surface area contributed by atoms with Crippen LogP contribution in [0, 0.1) is 0 Å². The van der Waals surface area contributed by atoms with E-state index < -0.39 is 6.17 Å². The van der Waals surface area contributed by atoms with Crippen LogP contribution in [0.15, 0.2) is 67.0 Å². The lowest BCUT2D eigenvalue weighted by atomic mass is 10.1. The third-order valence-electron chi connectivity index (χ3n) is 4.13. The van der Waals surface area contributed by atoms with E-state index in [9.17, 15) is 4.79 Å². The van der Waals surface area contributed by atoms with Crippen molar-refractivity contribution in [1.82, 2.24) is 4.98 Å². The van der Waals surface area contributed by atoms with E-state index in [2.05, 4.69) is 10.3 Å². The maximum atomic E-state index is 12.9. The van der Waals surface area contributed by atoms with Crippen LogP contribution >= 0.6 is 23.2 Å². The second-order valence-corrected chi connectivity index (χ2v) is 6.41. The molecule has 4 rings (SSSR count). The molecule has 6 heteroatoms. The van der Waals surface area contributed by atoms with Crippen LogP contribution in [0.2, 0.25) is 10.0 Å². The third-order valence-corrected chi connectivity index (χ3v) is 4.95. The van der Waals surface area contributed by atoms with E-state index >= 15 is 0 Å². The van der Waals surface area contributed by atoms with Crippen LogP contribution in [0.3, 0.4) is 0 Å². The second kappa shape index (κ2) is 6.39. The molecular weight excluding hydrogens is 357 g/mol. The molecule has 0 saturated heterocycles. The number of hydrogen-bond acceptors (Lipinski definition) is 3. The molecule has 0 bridgehead atoms. The Hall–Kier alpha value is -2.56. The molecule has 25 heavy (non-hydrogen) atoms. The number of anilines is 2. The molecule has 0 fully saturated rings. The van der Waals surface area contributed by atoms with Gasteiger partial charge in [-0.25, -0.2) is 0 Å². The molecular formula is C19H13Cl2N3O. The number of carbonyl (C=O) groups is 1. The van der Waals surface area contributed by atoms with Gasteiger partial charge in [0.1, 0.15) is 6.17 Å². The van der Waals surface area contributed by atoms with Gasteiger partial charge in [0, 0.05) is 17.3 Å². The fraction of sp³-hybridized carbons (Fsp3) is 0.0526. The van der Waals surface area contributed by atoms with E-state index in [1.807, 2.05) is 42.5 Å². The van der Waals surface area contributed by atoms with E-state index in [0.717, 1.165) is 5.56 Å². The molecule has 2 aromatic carbocycles. The van der Waals surface area contributed by atoms with Gasteiger partial charge < -0.3 is 5.32 Å². The zero-order valence-electron chi connectivity index (χ0n) is 13.0. The number of nitrogens with one attached hydrogen (secondary N) is 1. The van der Waals surface area contributed by atoms with Crippen LogP contribution in [-0.2, 0) is 0 Å². The molecule has 4 nitrogen and oxygen atoms in total. The minimum atomic E-state index is -0.399. The Balaban J connectivity index is 1.81. The van der Waals surface area contributed by atoms with Gasteiger partial charge in [0.25, 0.3) is 5.91 Å². The van der Waals surface area contributed by atoms with Gasteiger partial charge in [0.05, 0.1) is 27.6 Å². The quantitative estimate of drug-likeness (QED) is 0.693. The van der Waals surface area contributed by atoms with Crippen molar-refractivity contribution in [3.05, 3.63) is 88.2 Å². The van der Waals surface area contributed by atoms with Crippen molar-refractivity contribution in [3.8, 4) is 0 Å². The maximum absolute atomic E-state index is 12.9. The largest absolute Gasteiger partial charge is 0.360 e. The Morgan fingerprint density at radius 2 is 1.84 bits per heavy atom. The number of halogens is 2. The average Bonchev–Trinajstić information content (AvgIpc) is 2.92. The molecule has 0 aliphatic carbocycles. The Labute approximate surface area is 155 Å². The highest BCUT2D eigenvalue weighted by Gasteiger charge is 2.37. The van der Waals surface area contributed by atoms with Crippen molar-refractivity contribution in [1.29, 1.82) is 0 Å². The lowest BCUT2D eigenvalue weighted by Crippen LogP contribution is -2.32. The summed E-state index contributed by atoms with van der Waals surface area (Å²) in [6.07, 6.45) is 2.94. The molecule has 1 amide bonds. The predicted molar refractivity (Wildman–Crippen MR) is 100 cm³/mol. The second-order valence-electron chi connectivity index (χ2n) is 5.62. The normalized spacial score (nSPS) is 16.0. The Kier molecular flexibility index (Phi) is 4.07. The molecule has 0 unspecified atom stereocenters. The first-order valence-electron chi connectivity index (χ1n) is 7.70. The third kappa shape index (κ3) is 2.73. The summed E-state index contributed by atoms with van der Waals surface area (Å²) in [5.74, 6) is -0.0840. The van der Waals surface area contributed by atoms with Gasteiger partial charge in [-0.05, 0) is 30.3 Å². The van der Waals surface area contributed by atoms with E-state index in [0.29, 0.717) is 27.0 Å². The van der Waals surface area contributed by atoms with Crippen LogP contribution in [0.1, 0.15) is 22.1 Å². The lowest BCUT2D eigenvalue weighted by molar-refractivity contribution is 0.0993. The van der Waals surface area contributed by atoms with Gasteiger partial charge in [0.2, 0.25) is 0 Å². The number of hydrogen-bond donors (Lipinski definition) is 1. The van der Waals surface area contributed by atoms with Crippen LogP contribution in [0.25, 0.3) is 0 Å². The number of nitrogens with zero attached hydrogens (tertiary/aromatic N) is 2. The topological polar surface area (TPSA) is 45.2 Å². The molecule has 0 spiro atoms. The van der Waals surface area contributed by atoms with Gasteiger partial charge in [-0.2, -0.15) is 0 Å². The fourth-order valence-corrected chi connectivity index (χ4v) is 3.34. The molecule has 1 aliphatic heterocycles. The monoisotopic (exact) mass is 369 g/mol. The summed E-state index contributed by atoms with van der Waals surface area (Å²) >= 11 is 12.4. The number of amides is 1. The van der Waals surface area contributed by atoms with Crippen molar-refractivity contribution in [2.75, 3.05) is 10.2 Å². The number of rotatable bonds is 3. The first-order valence-corrected chi connectivity index (χ1v) is 8.45. The summed E-state index contributed by atoms with van der Waals surface area (Å²) in [5, 5.41) is 4.23. The summed E-state index contributed by atoms with van der Waals surface area (Å²) in [6, 6.07) is 16.5. The molecule has 1 N–H and O–H groups in total. The molecule has 124 valence electrons. The standard InChI is InChI=1S/C19H13Cl2N3O/c20-15-8-3-9-16(17(15)21)23-18-13-6-1-2-7-14(13)19(25)24(18)12-5-4-10-22-11-12/h1-11,18,23H/t18-/m1/s1. The fourth-order valence-electron chi connectivity index (χ4n) is 2.98. The van der Waals surface area contributed by atoms with Crippen molar-refractivity contribution < 1.29 is 4.79 Å². The lowest BCUT2D eigenvalue weighted by Gasteiger charge is -2.27. The van der Waals surface area contributed by atoms with Crippen LogP contribution in [0.5, 0.6) is 0 Å². The first-order chi connectivity index (χ1) is 12.2. The van der Waals surface area contributed by atoms with Crippen molar-refractivity contribution >= 4 is 40.5 Å². The Morgan fingerprint density at radius 1 is 1.00 bits per heavy atom. The zero-order chi connectivity index (χ0) is 17.4. The number of carbonyl (C=O) groups excluding carboxylic acids is 1. The van der Waals surface area contributed by atoms with E-state index in [4.69, 9.17) is 23.2 Å². The summed E-state index contributed by atoms with van der Waals surface area (Å²) in [6.45, 7) is 0. The van der Waals surface area contributed by atoms with Crippen LogP contribution in [-0.4, -0.2) is 10.9 Å². The first kappa shape index (κ1) is 15.9. The van der Waals surface area contributed by atoms with E-state index in [1.54, 1.807) is 29.4 Å². The van der Waals surface area contributed by atoms with E-state index in [-0.39, 0.29) is 5.91 Å². The van der Waals surface area contributed by atoms with Crippen molar-refractivity contribution in [3.63, 3.8) is 0 Å². The molecule has 0 saturated carbocycles. The molecule has 1 atom stereocenters. The highest BCUT2D eigenvalue weighted by Crippen LogP contribution is 2.40. The zero-order valence-corrected chi connectivity index (χ0v) is 14.5. The van der Waals surface area contributed by atoms with Gasteiger partial charge in [0.15, 0.2) is 0 Å². The minimum Gasteiger partial charge on any atom is -0.360 e. The number of pyridine rings is 1. The summed E-state index contributed by atoms with van der Waals surface area (Å²) in [5.41, 5.74) is 2.91. The number of aromatic nitrogens is 1. The smallest absolute Gasteiger partial charge is 0.260 e. The summed E-state index contributed by atoms with van der Waals surface area (Å²) in [7, 11) is 0. The van der Waals surface area contributed by atoms with Gasteiger partial charge in [-0.1, -0.05) is 47.5 Å².